The molecule has 0 spiro atoms. The van der Waals surface area contributed by atoms with Gasteiger partial charge in [0.05, 0.1) is 5.75 Å². The van der Waals surface area contributed by atoms with Crippen molar-refractivity contribution in [2.24, 2.45) is 0 Å². The van der Waals surface area contributed by atoms with Crippen LogP contribution in [0.25, 0.3) is 11.3 Å². The Kier molecular flexibility index (Phi) is 5.90. The molecule has 3 aromatic rings. The van der Waals surface area contributed by atoms with Crippen molar-refractivity contribution >= 4 is 17.7 Å². The molecule has 4 nitrogen and oxygen atoms in total. The van der Waals surface area contributed by atoms with Gasteiger partial charge >= 0.3 is 5.97 Å². The minimum absolute atomic E-state index is 0.125. The van der Waals surface area contributed by atoms with Crippen molar-refractivity contribution < 1.29 is 14.1 Å². The second-order valence-corrected chi connectivity index (χ2v) is 6.67. The summed E-state index contributed by atoms with van der Waals surface area (Å²) in [6, 6.07) is 19.8. The van der Waals surface area contributed by atoms with Crippen molar-refractivity contribution in [3.63, 3.8) is 0 Å². The summed E-state index contributed by atoms with van der Waals surface area (Å²) in [6.07, 6.45) is 0. The molecule has 3 rings (SSSR count). The van der Waals surface area contributed by atoms with E-state index in [2.05, 4.69) is 5.16 Å². The van der Waals surface area contributed by atoms with Gasteiger partial charge in [0, 0.05) is 17.4 Å². The molecular weight excluding hydrogens is 334 g/mol. The van der Waals surface area contributed by atoms with E-state index in [1.807, 2.05) is 61.5 Å². The summed E-state index contributed by atoms with van der Waals surface area (Å²) in [5.41, 5.74) is 3.94. The Labute approximate surface area is 151 Å². The second kappa shape index (κ2) is 8.53. The smallest absolute Gasteiger partial charge is 0.316 e. The third-order valence-electron chi connectivity index (χ3n) is 3.61. The third-order valence-corrected chi connectivity index (χ3v) is 4.58. The molecule has 0 aliphatic heterocycles. The van der Waals surface area contributed by atoms with E-state index in [1.165, 1.54) is 22.9 Å². The number of carbonyl (C=O) groups excluding carboxylic acids is 1. The first-order valence-electron chi connectivity index (χ1n) is 8.00. The largest absolute Gasteiger partial charge is 0.458 e. The molecule has 128 valence electrons. The minimum atomic E-state index is -0.249. The van der Waals surface area contributed by atoms with E-state index in [-0.39, 0.29) is 12.6 Å². The second-order valence-electron chi connectivity index (χ2n) is 5.69. The normalized spacial score (nSPS) is 10.6. The van der Waals surface area contributed by atoms with Gasteiger partial charge in [0.1, 0.15) is 12.3 Å². The Morgan fingerprint density at radius 2 is 1.88 bits per heavy atom. The predicted octanol–water partition coefficient (Wildman–Crippen LogP) is 4.63. The van der Waals surface area contributed by atoms with Crippen LogP contribution in [0.1, 0.15) is 16.8 Å². The molecule has 5 heteroatoms. The zero-order valence-electron chi connectivity index (χ0n) is 14.0. The summed E-state index contributed by atoms with van der Waals surface area (Å²) in [5.74, 6) is 1.53. The van der Waals surface area contributed by atoms with E-state index >= 15 is 0 Å². The number of aromatic nitrogens is 1. The predicted molar refractivity (Wildman–Crippen MR) is 99.1 cm³/mol. The van der Waals surface area contributed by atoms with Gasteiger partial charge in [-0.25, -0.2) is 0 Å². The van der Waals surface area contributed by atoms with Crippen molar-refractivity contribution in [2.75, 3.05) is 5.75 Å². The van der Waals surface area contributed by atoms with Crippen LogP contribution in [0.15, 0.2) is 65.2 Å². The lowest BCUT2D eigenvalue weighted by Crippen LogP contribution is -2.07. The maximum Gasteiger partial charge on any atom is 0.316 e. The number of hydrogen-bond acceptors (Lipinski definition) is 5. The van der Waals surface area contributed by atoms with Crippen LogP contribution in [0.3, 0.4) is 0 Å². The Bertz CT molecular complexity index is 812. The van der Waals surface area contributed by atoms with Crippen LogP contribution in [-0.2, 0) is 21.9 Å². The van der Waals surface area contributed by atoms with E-state index < -0.39 is 0 Å². The molecule has 0 radical (unpaired) electrons. The molecule has 1 heterocycles. The van der Waals surface area contributed by atoms with Crippen LogP contribution in [0.5, 0.6) is 0 Å². The van der Waals surface area contributed by atoms with E-state index in [1.54, 1.807) is 6.07 Å². The van der Waals surface area contributed by atoms with Gasteiger partial charge in [-0.15, -0.1) is 11.8 Å². The molecule has 0 saturated carbocycles. The van der Waals surface area contributed by atoms with Crippen LogP contribution in [0.2, 0.25) is 0 Å². The maximum atomic E-state index is 11.8. The highest BCUT2D eigenvalue weighted by Gasteiger charge is 2.09. The fraction of sp³-hybridized carbons (Fsp3) is 0.200. The number of thioether (sulfide) groups is 1. The maximum absolute atomic E-state index is 11.8. The Balaban J connectivity index is 1.44. The van der Waals surface area contributed by atoms with Crippen LogP contribution >= 0.6 is 11.8 Å². The average Bonchev–Trinajstić information content (AvgIpc) is 3.10. The van der Waals surface area contributed by atoms with Gasteiger partial charge in [-0.2, -0.15) is 0 Å². The molecule has 0 atom stereocenters. The van der Waals surface area contributed by atoms with Crippen LogP contribution in [0, 0.1) is 6.92 Å². The van der Waals surface area contributed by atoms with Crippen LogP contribution in [0.4, 0.5) is 0 Å². The Morgan fingerprint density at radius 1 is 1.12 bits per heavy atom. The van der Waals surface area contributed by atoms with E-state index in [4.69, 9.17) is 9.26 Å². The van der Waals surface area contributed by atoms with E-state index in [0.29, 0.717) is 17.2 Å². The van der Waals surface area contributed by atoms with Gasteiger partial charge in [0.2, 0.25) is 0 Å². The summed E-state index contributed by atoms with van der Waals surface area (Å²) >= 11 is 1.53. The van der Waals surface area contributed by atoms with Crippen molar-refractivity contribution in [3.05, 3.63) is 77.5 Å². The monoisotopic (exact) mass is 353 g/mol. The number of rotatable bonds is 7. The van der Waals surface area contributed by atoms with Crippen molar-refractivity contribution in [3.8, 4) is 11.3 Å². The summed E-state index contributed by atoms with van der Waals surface area (Å²) in [4.78, 5) is 11.8. The molecule has 0 amide bonds. The van der Waals surface area contributed by atoms with Crippen molar-refractivity contribution in [1.82, 2.24) is 5.16 Å². The lowest BCUT2D eigenvalue weighted by atomic mass is 10.1. The van der Waals surface area contributed by atoms with Gasteiger partial charge in [0.25, 0.3) is 0 Å². The quantitative estimate of drug-likeness (QED) is 0.580. The molecule has 2 aromatic carbocycles. The highest BCUT2D eigenvalue weighted by Crippen LogP contribution is 2.21. The molecule has 0 fully saturated rings. The fourth-order valence-corrected chi connectivity index (χ4v) is 3.04. The number of ether oxygens (including phenoxy) is 1. The summed E-state index contributed by atoms with van der Waals surface area (Å²) < 4.78 is 10.6. The summed E-state index contributed by atoms with van der Waals surface area (Å²) in [7, 11) is 0. The number of aryl methyl sites for hydroxylation is 1. The van der Waals surface area contributed by atoms with Crippen LogP contribution < -0.4 is 0 Å². The topological polar surface area (TPSA) is 52.3 Å². The fourth-order valence-electron chi connectivity index (χ4n) is 2.26. The highest BCUT2D eigenvalue weighted by atomic mass is 32.2. The van der Waals surface area contributed by atoms with E-state index in [9.17, 15) is 4.79 Å². The van der Waals surface area contributed by atoms with Gasteiger partial charge in [0.15, 0.2) is 5.76 Å². The molecule has 0 bridgehead atoms. The number of hydrogen-bond donors (Lipinski definition) is 0. The van der Waals surface area contributed by atoms with E-state index in [0.717, 1.165) is 11.3 Å². The van der Waals surface area contributed by atoms with Crippen molar-refractivity contribution in [1.29, 1.82) is 0 Å². The molecule has 0 N–H and O–H groups in total. The first-order chi connectivity index (χ1) is 12.2. The Hall–Kier alpha value is -2.53. The first-order valence-corrected chi connectivity index (χ1v) is 9.16. The SMILES string of the molecule is Cc1ccc(-c2cc(COC(=O)CSCc3ccccc3)no2)cc1. The number of benzene rings is 2. The lowest BCUT2D eigenvalue weighted by Gasteiger charge is -2.03. The van der Waals surface area contributed by atoms with Crippen molar-refractivity contribution in [2.45, 2.75) is 19.3 Å². The van der Waals surface area contributed by atoms with Gasteiger partial charge in [-0.1, -0.05) is 65.3 Å². The highest BCUT2D eigenvalue weighted by molar-refractivity contribution is 7.99. The molecule has 0 saturated heterocycles. The van der Waals surface area contributed by atoms with Gasteiger partial charge in [-0.05, 0) is 12.5 Å². The standard InChI is InChI=1S/C20H19NO3S/c1-15-7-9-17(10-8-15)19-11-18(21-24-19)12-23-20(22)14-25-13-16-5-3-2-4-6-16/h2-11H,12-14H2,1H3. The molecule has 0 aliphatic rings. The summed E-state index contributed by atoms with van der Waals surface area (Å²) in [6.45, 7) is 2.16. The minimum Gasteiger partial charge on any atom is -0.458 e. The zero-order chi connectivity index (χ0) is 17.5. The zero-order valence-corrected chi connectivity index (χ0v) is 14.8. The number of esters is 1. The van der Waals surface area contributed by atoms with Gasteiger partial charge in [-0.3, -0.25) is 4.79 Å². The average molecular weight is 353 g/mol. The number of nitrogens with zero attached hydrogens (tertiary/aromatic N) is 1. The molecule has 0 aliphatic carbocycles. The first kappa shape index (κ1) is 17.3. The Morgan fingerprint density at radius 3 is 2.64 bits per heavy atom. The van der Waals surface area contributed by atoms with Gasteiger partial charge < -0.3 is 9.26 Å². The molecule has 25 heavy (non-hydrogen) atoms. The third kappa shape index (κ3) is 5.22. The molecular formula is C20H19NO3S. The summed E-state index contributed by atoms with van der Waals surface area (Å²) in [5, 5.41) is 3.96. The molecule has 0 unspecified atom stereocenters. The lowest BCUT2D eigenvalue weighted by molar-refractivity contribution is -0.141. The van der Waals surface area contributed by atoms with Crippen LogP contribution in [-0.4, -0.2) is 16.9 Å². The molecule has 1 aromatic heterocycles. The number of carbonyl (C=O) groups is 1.